The van der Waals surface area contributed by atoms with E-state index in [1.165, 1.54) is 23.0 Å². The molecule has 0 saturated carbocycles. The second-order valence-electron chi connectivity index (χ2n) is 18.5. The van der Waals surface area contributed by atoms with Crippen molar-refractivity contribution in [2.75, 3.05) is 57.9 Å². The molecule has 21 heteroatoms. The molecule has 4 aromatic rings. The minimum Gasteiger partial charge on any atom is -0.461 e. The highest BCUT2D eigenvalue weighted by Gasteiger charge is 2.50. The molecule has 5 rings (SSSR count). The van der Waals surface area contributed by atoms with E-state index in [-0.39, 0.29) is 54.9 Å². The molecule has 0 bridgehead atoms. The monoisotopic (exact) mass is 992 g/mol. The number of aromatic nitrogens is 5. The first-order chi connectivity index (χ1) is 33.3. The zero-order valence-corrected chi connectivity index (χ0v) is 41.5. The Morgan fingerprint density at radius 3 is 2.21 bits per heavy atom. The van der Waals surface area contributed by atoms with Gasteiger partial charge in [0.25, 0.3) is 12.3 Å². The maximum absolute atomic E-state index is 14.2. The number of halogens is 5. The average Bonchev–Trinajstić information content (AvgIpc) is 3.91. The molecule has 2 N–H and O–H groups in total. The minimum absolute atomic E-state index is 0.0165. The number of amides is 2. The van der Waals surface area contributed by atoms with E-state index >= 15 is 0 Å². The number of aryl methyl sites for hydroxylation is 1. The zero-order chi connectivity index (χ0) is 51.1. The fourth-order valence-electron chi connectivity index (χ4n) is 7.90. The summed E-state index contributed by atoms with van der Waals surface area (Å²) in [5.41, 5.74) is -0.459. The van der Waals surface area contributed by atoms with E-state index in [0.717, 1.165) is 31.0 Å². The van der Waals surface area contributed by atoms with Crippen LogP contribution in [0.25, 0.3) is 16.9 Å². The van der Waals surface area contributed by atoms with Crippen molar-refractivity contribution in [1.82, 2.24) is 39.3 Å². The van der Waals surface area contributed by atoms with Crippen LogP contribution in [0.3, 0.4) is 0 Å². The number of ether oxygens (including phenoxy) is 4. The van der Waals surface area contributed by atoms with Crippen molar-refractivity contribution in [3.05, 3.63) is 59.8 Å². The molecule has 16 nitrogen and oxygen atoms in total. The molecule has 1 fully saturated rings. The summed E-state index contributed by atoms with van der Waals surface area (Å²) in [5.74, 6) is -2.39. The number of nitrogens with one attached hydrogen (secondary N) is 2. The van der Waals surface area contributed by atoms with E-state index in [9.17, 15) is 36.3 Å². The van der Waals surface area contributed by atoms with Crippen molar-refractivity contribution in [2.45, 2.75) is 143 Å². The maximum atomic E-state index is 14.2. The van der Waals surface area contributed by atoms with E-state index in [1.54, 1.807) is 23.1 Å². The predicted molar refractivity (Wildman–Crippen MR) is 254 cm³/mol. The molecule has 1 saturated heterocycles. The van der Waals surface area contributed by atoms with Gasteiger partial charge in [0, 0.05) is 68.5 Å². The molecule has 2 amide bonds. The van der Waals surface area contributed by atoms with Gasteiger partial charge in [-0.15, -0.1) is 0 Å². The Balaban J connectivity index is 1.25. The Hall–Kier alpha value is -5.41. The van der Waals surface area contributed by atoms with Gasteiger partial charge in [0.1, 0.15) is 12.1 Å². The third kappa shape index (κ3) is 15.1. The number of anilines is 2. The van der Waals surface area contributed by atoms with Crippen LogP contribution >= 0.6 is 0 Å². The van der Waals surface area contributed by atoms with E-state index in [2.05, 4.69) is 25.7 Å². The number of hydrogen-bond donors (Lipinski definition) is 2. The van der Waals surface area contributed by atoms with Crippen LogP contribution in [0.2, 0.25) is 0 Å². The summed E-state index contributed by atoms with van der Waals surface area (Å²) in [6, 6.07) is 5.15. The van der Waals surface area contributed by atoms with Crippen molar-refractivity contribution in [2.24, 2.45) is 5.92 Å². The number of imidazole rings is 1. The van der Waals surface area contributed by atoms with Crippen molar-refractivity contribution in [3.63, 3.8) is 0 Å². The standard InChI is InChI=1S/C49H70F5N9O7/c1-8-12-24-67-45(65)49(68-25-13-9-2,69-26-14-10-3)61(31-34-29-60(30-34)46(66)70-47(5,6)7)22-17-15-16-20-56-44(64)37-19-18-36(27-35(37)11-4)58-42-43-57-28-39(63(43)23-21-55-42)38-32-62(33-40(50)51)59-41(38)48(52,53)54/h18-19,21,23,27-28,32,34,40H,8-17,20,22,24-26,29-31,33H2,1-7H3,(H,55,58)(H,56,64). The van der Waals surface area contributed by atoms with Gasteiger partial charge in [0.2, 0.25) is 0 Å². The number of fused-ring (bicyclic) bond motifs is 1. The molecule has 0 atom stereocenters. The summed E-state index contributed by atoms with van der Waals surface area (Å²) >= 11 is 0. The lowest BCUT2D eigenvalue weighted by atomic mass is 9.99. The fourth-order valence-corrected chi connectivity index (χ4v) is 7.90. The van der Waals surface area contributed by atoms with Crippen LogP contribution in [-0.2, 0) is 42.9 Å². The highest BCUT2D eigenvalue weighted by molar-refractivity contribution is 5.96. The topological polar surface area (TPSA) is 167 Å². The summed E-state index contributed by atoms with van der Waals surface area (Å²) < 4.78 is 94.3. The van der Waals surface area contributed by atoms with Gasteiger partial charge in [-0.3, -0.25) is 13.9 Å². The van der Waals surface area contributed by atoms with Crippen LogP contribution in [0.1, 0.15) is 128 Å². The van der Waals surface area contributed by atoms with Crippen molar-refractivity contribution in [3.8, 4) is 11.3 Å². The van der Waals surface area contributed by atoms with Crippen molar-refractivity contribution in [1.29, 1.82) is 0 Å². The molecule has 3 aromatic heterocycles. The van der Waals surface area contributed by atoms with Crippen LogP contribution in [0, 0.1) is 5.92 Å². The first-order valence-electron chi connectivity index (χ1n) is 24.4. The summed E-state index contributed by atoms with van der Waals surface area (Å²) in [6.07, 6.45) is 3.85. The summed E-state index contributed by atoms with van der Waals surface area (Å²) in [5, 5.41) is 9.58. The third-order valence-corrected chi connectivity index (χ3v) is 11.5. The number of rotatable bonds is 28. The first kappa shape index (κ1) is 55.5. The number of likely N-dealkylation sites (tertiary alicyclic amines) is 1. The number of carbonyl (C=O) groups is 3. The molecule has 0 spiro atoms. The molecule has 0 aliphatic carbocycles. The summed E-state index contributed by atoms with van der Waals surface area (Å²) in [4.78, 5) is 52.8. The molecular weight excluding hydrogens is 922 g/mol. The van der Waals surface area contributed by atoms with Gasteiger partial charge in [-0.05, 0) is 83.1 Å². The number of benzene rings is 1. The molecule has 1 aliphatic heterocycles. The van der Waals surface area contributed by atoms with E-state index in [0.29, 0.717) is 93.6 Å². The maximum Gasteiger partial charge on any atom is 0.435 e. The highest BCUT2D eigenvalue weighted by atomic mass is 19.4. The SMILES string of the molecule is CCCCOC(=O)C(OCCCC)(OCCCC)N(CCCCCNC(=O)c1ccc(Nc2nccn3c(-c4cn(CC(F)F)nc4C(F)(F)F)cnc23)cc1CC)CC1CN(C(=O)OC(C)(C)C)C1. The average molecular weight is 992 g/mol. The van der Waals surface area contributed by atoms with Crippen LogP contribution in [-0.4, -0.2) is 122 Å². The van der Waals surface area contributed by atoms with Crippen LogP contribution in [0.5, 0.6) is 0 Å². The lowest BCUT2D eigenvalue weighted by Gasteiger charge is -2.46. The Labute approximate surface area is 406 Å². The smallest absolute Gasteiger partial charge is 0.435 e. The van der Waals surface area contributed by atoms with Gasteiger partial charge in [0.15, 0.2) is 17.2 Å². The first-order valence-corrected chi connectivity index (χ1v) is 24.4. The normalized spacial score (nSPS) is 13.6. The number of carbonyl (C=O) groups excluding carboxylic acids is 3. The summed E-state index contributed by atoms with van der Waals surface area (Å²) in [6.45, 7) is 15.4. The molecule has 70 heavy (non-hydrogen) atoms. The molecule has 4 heterocycles. The van der Waals surface area contributed by atoms with Gasteiger partial charge < -0.3 is 34.5 Å². The Morgan fingerprint density at radius 1 is 0.900 bits per heavy atom. The quantitative estimate of drug-likeness (QED) is 0.0240. The Kier molecular flexibility index (Phi) is 20.3. The van der Waals surface area contributed by atoms with Gasteiger partial charge in [-0.25, -0.2) is 33.2 Å². The van der Waals surface area contributed by atoms with Gasteiger partial charge in [-0.2, -0.15) is 18.3 Å². The van der Waals surface area contributed by atoms with E-state index < -0.39 is 47.9 Å². The van der Waals surface area contributed by atoms with Gasteiger partial charge in [0.05, 0.1) is 37.3 Å². The molecule has 0 radical (unpaired) electrons. The number of hydrogen-bond acceptors (Lipinski definition) is 12. The van der Waals surface area contributed by atoms with Gasteiger partial charge in [-0.1, -0.05) is 53.4 Å². The highest BCUT2D eigenvalue weighted by Crippen LogP contribution is 2.37. The van der Waals surface area contributed by atoms with Crippen LogP contribution < -0.4 is 10.6 Å². The van der Waals surface area contributed by atoms with E-state index in [4.69, 9.17) is 18.9 Å². The number of nitrogens with zero attached hydrogens (tertiary/aromatic N) is 7. The molecule has 388 valence electrons. The number of alkyl halides is 5. The largest absolute Gasteiger partial charge is 0.461 e. The number of esters is 1. The fraction of sp³-hybridized carbons (Fsp3) is 0.633. The second-order valence-corrected chi connectivity index (χ2v) is 18.5. The van der Waals surface area contributed by atoms with Gasteiger partial charge >= 0.3 is 24.1 Å². The zero-order valence-electron chi connectivity index (χ0n) is 41.5. The molecule has 0 unspecified atom stereocenters. The Bertz CT molecular complexity index is 2300. The van der Waals surface area contributed by atoms with Crippen molar-refractivity contribution >= 4 is 35.1 Å². The minimum atomic E-state index is -4.91. The Morgan fingerprint density at radius 2 is 1.59 bits per heavy atom. The van der Waals surface area contributed by atoms with Crippen LogP contribution in [0.15, 0.2) is 43.0 Å². The lowest BCUT2D eigenvalue weighted by molar-refractivity contribution is -0.314. The van der Waals surface area contributed by atoms with E-state index in [1.807, 2.05) is 53.4 Å². The lowest BCUT2D eigenvalue weighted by Crippen LogP contribution is -2.64. The third-order valence-electron chi connectivity index (χ3n) is 11.5. The molecule has 1 aliphatic rings. The number of unbranched alkanes of at least 4 members (excludes halogenated alkanes) is 5. The molecule has 1 aromatic carbocycles. The summed E-state index contributed by atoms with van der Waals surface area (Å²) in [7, 11) is 0. The predicted octanol–water partition coefficient (Wildman–Crippen LogP) is 9.88. The molecular formula is C49H70F5N9O7. The van der Waals surface area contributed by atoms with Crippen LogP contribution in [0.4, 0.5) is 38.3 Å². The van der Waals surface area contributed by atoms with Crippen molar-refractivity contribution < 1.29 is 55.3 Å². The second kappa shape index (κ2) is 25.6.